The lowest BCUT2D eigenvalue weighted by molar-refractivity contribution is -0.142. The van der Waals surface area contributed by atoms with Gasteiger partial charge >= 0.3 is 5.97 Å². The SMILES string of the molecule is CCOC(=O)Cc1cc(OCC)c(OCCO)cc1F.Cl. The molecule has 7 heteroatoms. The fourth-order valence-corrected chi connectivity index (χ4v) is 1.62. The van der Waals surface area contributed by atoms with Crippen LogP contribution in [0.3, 0.4) is 0 Å². The van der Waals surface area contributed by atoms with Crippen LogP contribution in [0.4, 0.5) is 4.39 Å². The van der Waals surface area contributed by atoms with Gasteiger partial charge in [0, 0.05) is 11.6 Å². The molecule has 5 nitrogen and oxygen atoms in total. The highest BCUT2D eigenvalue weighted by Crippen LogP contribution is 2.31. The van der Waals surface area contributed by atoms with Crippen LogP contribution in [0.15, 0.2) is 12.1 Å². The zero-order valence-electron chi connectivity index (χ0n) is 12.1. The van der Waals surface area contributed by atoms with Crippen molar-refractivity contribution in [2.75, 3.05) is 26.4 Å². The molecular weight excluding hydrogens is 303 g/mol. The van der Waals surface area contributed by atoms with Crippen molar-refractivity contribution in [1.29, 1.82) is 0 Å². The third-order valence-corrected chi connectivity index (χ3v) is 2.40. The summed E-state index contributed by atoms with van der Waals surface area (Å²) in [6, 6.07) is 2.57. The minimum Gasteiger partial charge on any atom is -0.490 e. The first-order valence-electron chi connectivity index (χ1n) is 6.46. The molecule has 0 aliphatic carbocycles. The van der Waals surface area contributed by atoms with Gasteiger partial charge in [-0.05, 0) is 19.9 Å². The van der Waals surface area contributed by atoms with Crippen LogP contribution in [-0.2, 0) is 16.0 Å². The van der Waals surface area contributed by atoms with E-state index in [1.807, 2.05) is 0 Å². The van der Waals surface area contributed by atoms with Gasteiger partial charge in [0.15, 0.2) is 11.5 Å². The summed E-state index contributed by atoms with van der Waals surface area (Å²) < 4.78 is 29.2. The third kappa shape index (κ3) is 6.18. The Morgan fingerprint density at radius 3 is 2.43 bits per heavy atom. The highest BCUT2D eigenvalue weighted by molar-refractivity contribution is 5.85. The van der Waals surface area contributed by atoms with Crippen molar-refractivity contribution in [3.63, 3.8) is 0 Å². The summed E-state index contributed by atoms with van der Waals surface area (Å²) in [5.74, 6) is -0.542. The Bertz CT molecular complexity index is 453. The molecule has 0 aliphatic rings. The van der Waals surface area contributed by atoms with Crippen LogP contribution in [0, 0.1) is 5.82 Å². The minimum absolute atomic E-state index is 0. The van der Waals surface area contributed by atoms with Gasteiger partial charge in [-0.3, -0.25) is 4.79 Å². The quantitative estimate of drug-likeness (QED) is 0.743. The summed E-state index contributed by atoms with van der Waals surface area (Å²) in [4.78, 5) is 11.4. The van der Waals surface area contributed by atoms with Gasteiger partial charge in [0.1, 0.15) is 12.4 Å². The molecule has 0 aromatic heterocycles. The van der Waals surface area contributed by atoms with Gasteiger partial charge in [-0.2, -0.15) is 0 Å². The Labute approximate surface area is 129 Å². The molecule has 0 radical (unpaired) electrons. The van der Waals surface area contributed by atoms with Crippen LogP contribution in [0.2, 0.25) is 0 Å². The van der Waals surface area contributed by atoms with Gasteiger partial charge in [-0.1, -0.05) is 0 Å². The average molecular weight is 323 g/mol. The Morgan fingerprint density at radius 1 is 1.19 bits per heavy atom. The normalized spacial score (nSPS) is 9.71. The second-order valence-corrected chi connectivity index (χ2v) is 3.88. The van der Waals surface area contributed by atoms with E-state index in [1.54, 1.807) is 13.8 Å². The molecule has 1 rings (SSSR count). The molecular formula is C14H20ClFO5. The molecule has 0 unspecified atom stereocenters. The number of benzene rings is 1. The molecule has 0 fully saturated rings. The lowest BCUT2D eigenvalue weighted by Crippen LogP contribution is -2.10. The highest BCUT2D eigenvalue weighted by atomic mass is 35.5. The molecule has 0 saturated heterocycles. The molecule has 0 saturated carbocycles. The number of hydrogen-bond donors (Lipinski definition) is 1. The Hall–Kier alpha value is -1.53. The fraction of sp³-hybridized carbons (Fsp3) is 0.500. The number of halogens is 2. The maximum atomic E-state index is 13.9. The van der Waals surface area contributed by atoms with Crippen LogP contribution in [0.1, 0.15) is 19.4 Å². The van der Waals surface area contributed by atoms with Gasteiger partial charge in [0.25, 0.3) is 0 Å². The average Bonchev–Trinajstić information content (AvgIpc) is 2.41. The summed E-state index contributed by atoms with van der Waals surface area (Å²) in [5.41, 5.74) is 0.184. The first kappa shape index (κ1) is 19.5. The standard InChI is InChI=1S/C14H19FO5.ClH/c1-3-18-12-7-10(8-14(17)19-4-2)11(15)9-13(12)20-6-5-16;/h7,9,16H,3-6,8H2,1-2H3;1H. The van der Waals surface area contributed by atoms with E-state index < -0.39 is 11.8 Å². The number of carbonyl (C=O) groups excluding carboxylic acids is 1. The molecule has 120 valence electrons. The van der Waals surface area contributed by atoms with Gasteiger partial charge in [-0.15, -0.1) is 12.4 Å². The number of aliphatic hydroxyl groups excluding tert-OH is 1. The summed E-state index contributed by atoms with van der Waals surface area (Å²) >= 11 is 0. The summed E-state index contributed by atoms with van der Waals surface area (Å²) in [5, 5.41) is 8.73. The van der Waals surface area contributed by atoms with Crippen LogP contribution >= 0.6 is 12.4 Å². The summed E-state index contributed by atoms with van der Waals surface area (Å²) in [7, 11) is 0. The Morgan fingerprint density at radius 2 is 1.86 bits per heavy atom. The molecule has 1 N–H and O–H groups in total. The van der Waals surface area contributed by atoms with E-state index in [1.165, 1.54) is 6.07 Å². The van der Waals surface area contributed by atoms with E-state index in [0.717, 1.165) is 6.07 Å². The monoisotopic (exact) mass is 322 g/mol. The number of rotatable bonds is 8. The van der Waals surface area contributed by atoms with Gasteiger partial charge in [-0.25, -0.2) is 4.39 Å². The lowest BCUT2D eigenvalue weighted by atomic mass is 10.1. The van der Waals surface area contributed by atoms with Crippen LogP contribution in [0.25, 0.3) is 0 Å². The Balaban J connectivity index is 0.00000400. The van der Waals surface area contributed by atoms with Crippen molar-refractivity contribution in [3.05, 3.63) is 23.5 Å². The van der Waals surface area contributed by atoms with E-state index in [9.17, 15) is 9.18 Å². The van der Waals surface area contributed by atoms with Crippen molar-refractivity contribution in [2.24, 2.45) is 0 Å². The number of carbonyl (C=O) groups is 1. The summed E-state index contributed by atoms with van der Waals surface area (Å²) in [6.07, 6.45) is -0.167. The van der Waals surface area contributed by atoms with E-state index in [2.05, 4.69) is 0 Å². The molecule has 1 aromatic carbocycles. The largest absolute Gasteiger partial charge is 0.490 e. The smallest absolute Gasteiger partial charge is 0.310 e. The molecule has 0 amide bonds. The number of esters is 1. The number of ether oxygens (including phenoxy) is 3. The topological polar surface area (TPSA) is 65.0 Å². The first-order valence-corrected chi connectivity index (χ1v) is 6.46. The van der Waals surface area contributed by atoms with Crippen LogP contribution < -0.4 is 9.47 Å². The number of aliphatic hydroxyl groups is 1. The van der Waals surface area contributed by atoms with Gasteiger partial charge in [0.2, 0.25) is 0 Å². The zero-order chi connectivity index (χ0) is 15.0. The maximum absolute atomic E-state index is 13.9. The van der Waals surface area contributed by atoms with Crippen molar-refractivity contribution in [1.82, 2.24) is 0 Å². The van der Waals surface area contributed by atoms with Crippen LogP contribution in [0.5, 0.6) is 11.5 Å². The second kappa shape index (κ2) is 10.2. The van der Waals surface area contributed by atoms with E-state index in [0.29, 0.717) is 12.4 Å². The second-order valence-electron chi connectivity index (χ2n) is 3.88. The minimum atomic E-state index is -0.575. The zero-order valence-corrected chi connectivity index (χ0v) is 12.9. The van der Waals surface area contributed by atoms with E-state index in [-0.39, 0.29) is 50.0 Å². The lowest BCUT2D eigenvalue weighted by Gasteiger charge is -2.13. The Kier molecular flexibility index (Phi) is 9.49. The van der Waals surface area contributed by atoms with Gasteiger partial charge < -0.3 is 19.3 Å². The van der Waals surface area contributed by atoms with Crippen molar-refractivity contribution >= 4 is 18.4 Å². The maximum Gasteiger partial charge on any atom is 0.310 e. The van der Waals surface area contributed by atoms with Crippen molar-refractivity contribution < 1.29 is 28.5 Å². The highest BCUT2D eigenvalue weighted by Gasteiger charge is 2.15. The summed E-state index contributed by atoms with van der Waals surface area (Å²) in [6.45, 7) is 3.95. The molecule has 0 spiro atoms. The number of hydrogen-bond acceptors (Lipinski definition) is 5. The fourth-order valence-electron chi connectivity index (χ4n) is 1.62. The first-order chi connectivity index (χ1) is 9.62. The van der Waals surface area contributed by atoms with Gasteiger partial charge in [0.05, 0.1) is 26.2 Å². The molecule has 21 heavy (non-hydrogen) atoms. The van der Waals surface area contributed by atoms with Crippen molar-refractivity contribution in [2.45, 2.75) is 20.3 Å². The van der Waals surface area contributed by atoms with E-state index >= 15 is 0 Å². The third-order valence-electron chi connectivity index (χ3n) is 2.40. The molecule has 0 bridgehead atoms. The predicted molar refractivity (Wildman–Crippen MR) is 77.7 cm³/mol. The molecule has 1 aromatic rings. The van der Waals surface area contributed by atoms with Crippen molar-refractivity contribution in [3.8, 4) is 11.5 Å². The molecule has 0 aliphatic heterocycles. The molecule has 0 heterocycles. The predicted octanol–water partition coefficient (Wildman–Crippen LogP) is 2.12. The molecule has 0 atom stereocenters. The van der Waals surface area contributed by atoms with E-state index in [4.69, 9.17) is 19.3 Å². The van der Waals surface area contributed by atoms with Crippen LogP contribution in [-0.4, -0.2) is 37.5 Å².